The Hall–Kier alpha value is -2.04. The molecule has 4 heterocycles. The molecule has 3 aromatic heterocycles. The van der Waals surface area contributed by atoms with E-state index in [9.17, 15) is 8.42 Å². The molecule has 0 amide bonds. The van der Waals surface area contributed by atoms with Crippen LogP contribution in [0.15, 0.2) is 29.8 Å². The fourth-order valence-electron chi connectivity index (χ4n) is 3.14. The van der Waals surface area contributed by atoms with Crippen LogP contribution in [0.3, 0.4) is 0 Å². The Balaban J connectivity index is 1.53. The molecule has 0 aliphatic carbocycles. The first-order valence-electron chi connectivity index (χ1n) is 7.80. The highest BCUT2D eigenvalue weighted by atomic mass is 35.5. The molecule has 1 fully saturated rings. The summed E-state index contributed by atoms with van der Waals surface area (Å²) in [5.74, 6) is 0.175. The molecule has 0 unspecified atom stereocenters. The monoisotopic (exact) mass is 381 g/mol. The molecule has 25 heavy (non-hydrogen) atoms. The van der Waals surface area contributed by atoms with Crippen molar-refractivity contribution in [2.24, 2.45) is 7.05 Å². The lowest BCUT2D eigenvalue weighted by Gasteiger charge is -2.31. The Morgan fingerprint density at radius 3 is 2.68 bits per heavy atom. The predicted octanol–water partition coefficient (Wildman–Crippen LogP) is 1.08. The average molecular weight is 382 g/mol. The largest absolute Gasteiger partial charge is 0.264 e. The Bertz CT molecular complexity index is 1020. The molecule has 9 nitrogen and oxygen atoms in total. The van der Waals surface area contributed by atoms with E-state index in [1.165, 1.54) is 21.5 Å². The van der Waals surface area contributed by atoms with E-state index in [4.69, 9.17) is 11.6 Å². The quantitative estimate of drug-likeness (QED) is 0.673. The summed E-state index contributed by atoms with van der Waals surface area (Å²) in [5.41, 5.74) is 1.66. The van der Waals surface area contributed by atoms with Crippen LogP contribution in [0.2, 0.25) is 5.02 Å². The van der Waals surface area contributed by atoms with E-state index in [1.54, 1.807) is 17.6 Å². The molecule has 3 aromatic rings. The van der Waals surface area contributed by atoms with Crippen molar-refractivity contribution < 1.29 is 8.42 Å². The maximum absolute atomic E-state index is 12.6. The van der Waals surface area contributed by atoms with Gasteiger partial charge in [-0.25, -0.2) is 17.9 Å². The molecule has 0 saturated carbocycles. The van der Waals surface area contributed by atoms with Crippen molar-refractivity contribution in [3.8, 4) is 0 Å². The highest BCUT2D eigenvalue weighted by molar-refractivity contribution is 7.89. The van der Waals surface area contributed by atoms with Gasteiger partial charge in [0.2, 0.25) is 5.03 Å². The summed E-state index contributed by atoms with van der Waals surface area (Å²) in [6.45, 7) is 0.824. The van der Waals surface area contributed by atoms with E-state index in [-0.39, 0.29) is 10.9 Å². The summed E-state index contributed by atoms with van der Waals surface area (Å²) in [7, 11) is -1.96. The lowest BCUT2D eigenvalue weighted by Crippen LogP contribution is -2.38. The van der Waals surface area contributed by atoms with Crippen LogP contribution >= 0.6 is 11.6 Å². The van der Waals surface area contributed by atoms with Crippen LogP contribution in [0.25, 0.3) is 5.65 Å². The number of halogens is 1. The van der Waals surface area contributed by atoms with Crippen molar-refractivity contribution in [2.45, 2.75) is 23.8 Å². The first-order valence-corrected chi connectivity index (χ1v) is 9.62. The van der Waals surface area contributed by atoms with Gasteiger partial charge in [-0.05, 0) is 24.3 Å². The van der Waals surface area contributed by atoms with E-state index in [0.717, 1.165) is 5.56 Å². The van der Waals surface area contributed by atoms with Gasteiger partial charge in [0.05, 0.1) is 6.20 Å². The second kappa shape index (κ2) is 6.04. The lowest BCUT2D eigenvalue weighted by molar-refractivity contribution is 0.318. The number of aryl methyl sites for hydroxylation is 1. The minimum absolute atomic E-state index is 0.0180. The molecule has 0 N–H and O–H groups in total. The number of nitrogens with zero attached hydrogens (tertiary/aromatic N) is 7. The summed E-state index contributed by atoms with van der Waals surface area (Å²) in [5, 5.41) is 12.2. The van der Waals surface area contributed by atoms with Gasteiger partial charge in [-0.2, -0.15) is 9.40 Å². The van der Waals surface area contributed by atoms with Crippen molar-refractivity contribution in [1.29, 1.82) is 0 Å². The molecule has 4 rings (SSSR count). The Labute approximate surface area is 149 Å². The zero-order valence-electron chi connectivity index (χ0n) is 13.4. The lowest BCUT2D eigenvalue weighted by atomic mass is 9.91. The van der Waals surface area contributed by atoms with E-state index in [1.807, 2.05) is 6.20 Å². The molecule has 1 aliphatic rings. The number of fused-ring (bicyclic) bond motifs is 1. The minimum Gasteiger partial charge on any atom is -0.254 e. The fourth-order valence-corrected chi connectivity index (χ4v) is 4.82. The highest BCUT2D eigenvalue weighted by Crippen LogP contribution is 2.34. The van der Waals surface area contributed by atoms with Crippen LogP contribution in [0.4, 0.5) is 0 Å². The van der Waals surface area contributed by atoms with E-state index in [2.05, 4.69) is 20.4 Å². The second-order valence-corrected chi connectivity index (χ2v) is 8.34. The average Bonchev–Trinajstić information content (AvgIpc) is 3.23. The standard InChI is InChI=1S/C14H16ClN7O2S/c1-20-8-14(18-19-20)25(23,24)21-4-2-10(3-5-21)11-7-22-13(6-12(11)15)16-9-17-22/h6-10H,2-5H2,1H3. The van der Waals surface area contributed by atoms with Crippen LogP contribution in [-0.2, 0) is 17.1 Å². The summed E-state index contributed by atoms with van der Waals surface area (Å²) in [6, 6.07) is 1.78. The van der Waals surface area contributed by atoms with E-state index in [0.29, 0.717) is 36.6 Å². The van der Waals surface area contributed by atoms with Gasteiger partial charge in [-0.15, -0.1) is 5.10 Å². The Morgan fingerprint density at radius 1 is 1.24 bits per heavy atom. The van der Waals surface area contributed by atoms with Crippen LogP contribution in [0, 0.1) is 0 Å². The van der Waals surface area contributed by atoms with Gasteiger partial charge < -0.3 is 0 Å². The van der Waals surface area contributed by atoms with Crippen LogP contribution in [-0.4, -0.2) is 55.4 Å². The third kappa shape index (κ3) is 2.90. The number of piperidine rings is 1. The van der Waals surface area contributed by atoms with Gasteiger partial charge in [-0.3, -0.25) is 4.68 Å². The fraction of sp³-hybridized carbons (Fsp3) is 0.429. The summed E-state index contributed by atoms with van der Waals surface area (Å²) in [4.78, 5) is 4.11. The topological polar surface area (TPSA) is 98.3 Å². The van der Waals surface area contributed by atoms with Crippen molar-refractivity contribution in [3.63, 3.8) is 0 Å². The van der Waals surface area contributed by atoms with Gasteiger partial charge in [-0.1, -0.05) is 16.8 Å². The van der Waals surface area contributed by atoms with Crippen LogP contribution < -0.4 is 0 Å². The molecule has 0 radical (unpaired) electrons. The number of rotatable bonds is 3. The van der Waals surface area contributed by atoms with Crippen LogP contribution in [0.5, 0.6) is 0 Å². The normalized spacial score (nSPS) is 17.4. The molecule has 1 saturated heterocycles. The molecule has 1 aliphatic heterocycles. The summed E-state index contributed by atoms with van der Waals surface area (Å²) < 4.78 is 29.7. The smallest absolute Gasteiger partial charge is 0.254 e. The molecule has 0 bridgehead atoms. The number of hydrogen-bond acceptors (Lipinski definition) is 6. The maximum atomic E-state index is 12.6. The Morgan fingerprint density at radius 2 is 2.00 bits per heavy atom. The van der Waals surface area contributed by atoms with Crippen molar-refractivity contribution in [1.82, 2.24) is 33.9 Å². The SMILES string of the molecule is Cn1cc(S(=O)(=O)N2CCC(c3cn4ncnc4cc3Cl)CC2)nn1. The third-order valence-electron chi connectivity index (χ3n) is 4.47. The van der Waals surface area contributed by atoms with Gasteiger partial charge >= 0.3 is 0 Å². The molecular formula is C14H16ClN7O2S. The zero-order chi connectivity index (χ0) is 17.6. The molecule has 11 heteroatoms. The number of pyridine rings is 1. The van der Waals surface area contributed by atoms with Crippen molar-refractivity contribution in [3.05, 3.63) is 35.4 Å². The van der Waals surface area contributed by atoms with Gasteiger partial charge in [0.15, 0.2) is 5.65 Å². The third-order valence-corrected chi connectivity index (χ3v) is 6.56. The second-order valence-electron chi connectivity index (χ2n) is 6.05. The highest BCUT2D eigenvalue weighted by Gasteiger charge is 2.32. The first kappa shape index (κ1) is 16.4. The molecule has 132 valence electrons. The van der Waals surface area contributed by atoms with Gasteiger partial charge in [0.1, 0.15) is 6.33 Å². The molecular weight excluding hydrogens is 366 g/mol. The summed E-state index contributed by atoms with van der Waals surface area (Å²) in [6.07, 6.45) is 6.13. The van der Waals surface area contributed by atoms with Crippen molar-refractivity contribution >= 4 is 27.3 Å². The molecule has 0 spiro atoms. The van der Waals surface area contributed by atoms with Crippen molar-refractivity contribution in [2.75, 3.05) is 13.1 Å². The number of sulfonamides is 1. The predicted molar refractivity (Wildman–Crippen MR) is 89.7 cm³/mol. The molecule has 0 atom stereocenters. The minimum atomic E-state index is -3.60. The first-order chi connectivity index (χ1) is 11.9. The number of hydrogen-bond donors (Lipinski definition) is 0. The van der Waals surface area contributed by atoms with E-state index >= 15 is 0 Å². The number of aromatic nitrogens is 6. The summed E-state index contributed by atoms with van der Waals surface area (Å²) >= 11 is 6.38. The van der Waals surface area contributed by atoms with Gasteiger partial charge in [0, 0.05) is 37.4 Å². The van der Waals surface area contributed by atoms with Crippen LogP contribution in [0.1, 0.15) is 24.3 Å². The van der Waals surface area contributed by atoms with Gasteiger partial charge in [0.25, 0.3) is 10.0 Å². The zero-order valence-corrected chi connectivity index (χ0v) is 15.0. The molecule has 0 aromatic carbocycles. The van der Waals surface area contributed by atoms with E-state index < -0.39 is 10.0 Å². The Kier molecular flexibility index (Phi) is 3.97. The maximum Gasteiger partial charge on any atom is 0.264 e.